The number of hydrogen-bond acceptors (Lipinski definition) is 7. The molecule has 0 saturated heterocycles. The summed E-state index contributed by atoms with van der Waals surface area (Å²) in [6.45, 7) is 1.34. The normalized spacial score (nSPS) is 11.5. The fourth-order valence-corrected chi connectivity index (χ4v) is 3.70. The Bertz CT molecular complexity index is 1100. The molecule has 12 heteroatoms. The van der Waals surface area contributed by atoms with Crippen molar-refractivity contribution in [3.05, 3.63) is 69.0 Å². The van der Waals surface area contributed by atoms with Crippen molar-refractivity contribution >= 4 is 27.3 Å². The standard InChI is InChI=1S/C15H13ClN6O4S/c1-10-2-5-13(22(23)24)8-14(10)27(25,26)17-9-15-18-19-20-21(15)12-6-3-11(16)4-7-12/h2-8,17H,9H2,1H3. The molecule has 10 nitrogen and oxygen atoms in total. The molecule has 0 fully saturated rings. The van der Waals surface area contributed by atoms with Gasteiger partial charge < -0.3 is 0 Å². The van der Waals surface area contributed by atoms with Crippen LogP contribution in [0.3, 0.4) is 0 Å². The highest BCUT2D eigenvalue weighted by atomic mass is 35.5. The van der Waals surface area contributed by atoms with Crippen LogP contribution in [0, 0.1) is 17.0 Å². The van der Waals surface area contributed by atoms with E-state index < -0.39 is 14.9 Å². The zero-order valence-electron chi connectivity index (χ0n) is 13.9. The second-order valence-corrected chi connectivity index (χ2v) is 7.69. The van der Waals surface area contributed by atoms with E-state index in [1.165, 1.54) is 16.8 Å². The van der Waals surface area contributed by atoms with E-state index in [2.05, 4.69) is 20.2 Å². The largest absolute Gasteiger partial charge is 0.270 e. The summed E-state index contributed by atoms with van der Waals surface area (Å²) >= 11 is 5.85. The molecule has 3 rings (SSSR count). The molecule has 0 spiro atoms. The average Bonchev–Trinajstić information content (AvgIpc) is 3.09. The molecule has 1 heterocycles. The van der Waals surface area contributed by atoms with Gasteiger partial charge in [-0.05, 0) is 47.2 Å². The first kappa shape index (κ1) is 18.9. The molecule has 0 aliphatic rings. The molecule has 2 aromatic carbocycles. The summed E-state index contributed by atoms with van der Waals surface area (Å²) in [6.07, 6.45) is 0. The van der Waals surface area contributed by atoms with E-state index >= 15 is 0 Å². The number of tetrazole rings is 1. The minimum absolute atomic E-state index is 0.179. The predicted molar refractivity (Wildman–Crippen MR) is 96.0 cm³/mol. The lowest BCUT2D eigenvalue weighted by atomic mass is 10.2. The maximum Gasteiger partial charge on any atom is 0.270 e. The maximum atomic E-state index is 12.6. The van der Waals surface area contributed by atoms with Crippen molar-refractivity contribution in [1.82, 2.24) is 24.9 Å². The van der Waals surface area contributed by atoms with Gasteiger partial charge in [0, 0.05) is 17.2 Å². The van der Waals surface area contributed by atoms with Crippen LogP contribution in [0.25, 0.3) is 5.69 Å². The lowest BCUT2D eigenvalue weighted by Crippen LogP contribution is -2.25. The van der Waals surface area contributed by atoms with Crippen molar-refractivity contribution in [2.45, 2.75) is 18.4 Å². The summed E-state index contributed by atoms with van der Waals surface area (Å²) in [4.78, 5) is 10.1. The fraction of sp³-hybridized carbons (Fsp3) is 0.133. The van der Waals surface area contributed by atoms with E-state index in [-0.39, 0.29) is 23.0 Å². The van der Waals surface area contributed by atoms with E-state index in [4.69, 9.17) is 11.6 Å². The number of non-ortho nitro benzene ring substituents is 1. The molecule has 0 saturated carbocycles. The Morgan fingerprint density at radius 2 is 1.93 bits per heavy atom. The van der Waals surface area contributed by atoms with Gasteiger partial charge in [0.05, 0.1) is 22.1 Å². The van der Waals surface area contributed by atoms with Crippen LogP contribution >= 0.6 is 11.6 Å². The molecule has 0 aliphatic carbocycles. The van der Waals surface area contributed by atoms with Gasteiger partial charge in [0.15, 0.2) is 5.82 Å². The van der Waals surface area contributed by atoms with Gasteiger partial charge in [-0.15, -0.1) is 5.10 Å². The zero-order chi connectivity index (χ0) is 19.6. The van der Waals surface area contributed by atoms with Gasteiger partial charge in [0.25, 0.3) is 5.69 Å². The fourth-order valence-electron chi connectivity index (χ4n) is 2.33. The van der Waals surface area contributed by atoms with Crippen LogP contribution in [-0.2, 0) is 16.6 Å². The van der Waals surface area contributed by atoms with Crippen LogP contribution in [0.4, 0.5) is 5.69 Å². The van der Waals surface area contributed by atoms with Gasteiger partial charge in [-0.25, -0.2) is 13.1 Å². The van der Waals surface area contributed by atoms with Crippen molar-refractivity contribution < 1.29 is 13.3 Å². The molecule has 0 atom stereocenters. The van der Waals surface area contributed by atoms with Crippen molar-refractivity contribution in [2.24, 2.45) is 0 Å². The molecular weight excluding hydrogens is 396 g/mol. The number of sulfonamides is 1. The molecule has 0 aliphatic heterocycles. The highest BCUT2D eigenvalue weighted by Gasteiger charge is 2.21. The quantitative estimate of drug-likeness (QED) is 0.487. The van der Waals surface area contributed by atoms with Crippen molar-refractivity contribution in [3.8, 4) is 5.69 Å². The third kappa shape index (κ3) is 4.10. The summed E-state index contributed by atoms with van der Waals surface area (Å²) in [6, 6.07) is 10.3. The Morgan fingerprint density at radius 1 is 1.22 bits per heavy atom. The Balaban J connectivity index is 1.85. The number of aryl methyl sites for hydroxylation is 1. The molecule has 1 N–H and O–H groups in total. The number of rotatable bonds is 6. The Kier molecular flexibility index (Phi) is 5.17. The zero-order valence-corrected chi connectivity index (χ0v) is 15.5. The summed E-state index contributed by atoms with van der Waals surface area (Å²) in [5.74, 6) is 0.240. The number of nitrogens with zero attached hydrogens (tertiary/aromatic N) is 5. The number of nitro groups is 1. The number of nitrogens with one attached hydrogen (secondary N) is 1. The van der Waals surface area contributed by atoms with Gasteiger partial charge in [0.2, 0.25) is 10.0 Å². The van der Waals surface area contributed by atoms with Gasteiger partial charge >= 0.3 is 0 Å². The van der Waals surface area contributed by atoms with Crippen LogP contribution < -0.4 is 4.72 Å². The average molecular weight is 409 g/mol. The molecule has 3 aromatic rings. The number of hydrogen-bond donors (Lipinski definition) is 1. The number of benzene rings is 2. The monoisotopic (exact) mass is 408 g/mol. The third-order valence-electron chi connectivity index (χ3n) is 3.70. The van der Waals surface area contributed by atoms with Crippen LogP contribution in [-0.4, -0.2) is 33.5 Å². The van der Waals surface area contributed by atoms with Gasteiger partial charge in [-0.3, -0.25) is 10.1 Å². The Labute approximate surface area is 159 Å². The van der Waals surface area contributed by atoms with Gasteiger partial charge in [-0.1, -0.05) is 17.7 Å². The first-order valence-electron chi connectivity index (χ1n) is 7.56. The summed E-state index contributed by atoms with van der Waals surface area (Å²) in [5.41, 5.74) is 0.669. The second-order valence-electron chi connectivity index (χ2n) is 5.51. The van der Waals surface area contributed by atoms with Crippen molar-refractivity contribution in [2.75, 3.05) is 0 Å². The lowest BCUT2D eigenvalue weighted by molar-refractivity contribution is -0.385. The highest BCUT2D eigenvalue weighted by Crippen LogP contribution is 2.22. The second kappa shape index (κ2) is 7.39. The van der Waals surface area contributed by atoms with Crippen LogP contribution in [0.5, 0.6) is 0 Å². The van der Waals surface area contributed by atoms with E-state index in [9.17, 15) is 18.5 Å². The third-order valence-corrected chi connectivity index (χ3v) is 5.49. The molecule has 27 heavy (non-hydrogen) atoms. The topological polar surface area (TPSA) is 133 Å². The molecule has 140 valence electrons. The van der Waals surface area contributed by atoms with Gasteiger partial charge in [0.1, 0.15) is 0 Å². The molecule has 0 amide bonds. The Hall–Kier alpha value is -2.89. The lowest BCUT2D eigenvalue weighted by Gasteiger charge is -2.09. The van der Waals surface area contributed by atoms with Crippen molar-refractivity contribution in [3.63, 3.8) is 0 Å². The van der Waals surface area contributed by atoms with E-state index in [1.54, 1.807) is 31.2 Å². The minimum Gasteiger partial charge on any atom is -0.258 e. The minimum atomic E-state index is -4.01. The maximum absolute atomic E-state index is 12.6. The number of halogens is 1. The summed E-state index contributed by atoms with van der Waals surface area (Å²) in [5, 5.41) is 22.7. The predicted octanol–water partition coefficient (Wildman–Crippen LogP) is 2.01. The Morgan fingerprint density at radius 3 is 2.59 bits per heavy atom. The molecule has 0 unspecified atom stereocenters. The number of aromatic nitrogens is 4. The smallest absolute Gasteiger partial charge is 0.258 e. The van der Waals surface area contributed by atoms with E-state index in [0.29, 0.717) is 16.3 Å². The first-order chi connectivity index (χ1) is 12.8. The van der Waals surface area contributed by atoms with Crippen molar-refractivity contribution in [1.29, 1.82) is 0 Å². The first-order valence-corrected chi connectivity index (χ1v) is 9.42. The molecular formula is C15H13ClN6O4S. The van der Waals surface area contributed by atoms with Gasteiger partial charge in [-0.2, -0.15) is 4.68 Å². The van der Waals surface area contributed by atoms with Crippen LogP contribution in [0.2, 0.25) is 5.02 Å². The van der Waals surface area contributed by atoms with E-state index in [1.807, 2.05) is 0 Å². The molecule has 0 radical (unpaired) electrons. The SMILES string of the molecule is Cc1ccc([N+](=O)[O-])cc1S(=O)(=O)NCc1nnnn1-c1ccc(Cl)cc1. The summed E-state index contributed by atoms with van der Waals surface area (Å²) < 4.78 is 28.9. The highest BCUT2D eigenvalue weighted by molar-refractivity contribution is 7.89. The molecule has 1 aromatic heterocycles. The van der Waals surface area contributed by atoms with Crippen LogP contribution in [0.15, 0.2) is 47.4 Å². The number of nitro benzene ring substituents is 1. The molecule has 0 bridgehead atoms. The van der Waals surface area contributed by atoms with Crippen LogP contribution in [0.1, 0.15) is 11.4 Å². The summed E-state index contributed by atoms with van der Waals surface area (Å²) in [7, 11) is -4.01. The van der Waals surface area contributed by atoms with E-state index in [0.717, 1.165) is 6.07 Å².